The monoisotopic (exact) mass is 281 g/mol. The second-order valence-corrected chi connectivity index (χ2v) is 10.1. The Bertz CT molecular complexity index is 317. The van der Waals surface area contributed by atoms with Crippen LogP contribution >= 0.6 is 0 Å². The minimum Gasteiger partial charge on any atom is -0.298 e. The van der Waals surface area contributed by atoms with Crippen molar-refractivity contribution in [3.05, 3.63) is 0 Å². The van der Waals surface area contributed by atoms with Crippen molar-refractivity contribution in [3.8, 4) is 0 Å². The van der Waals surface area contributed by atoms with Crippen LogP contribution < -0.4 is 0 Å². The zero-order valence-corrected chi connectivity index (χ0v) is 15.9. The molecule has 1 aliphatic heterocycles. The first-order valence-corrected chi connectivity index (χ1v) is 8.46. The molecule has 1 rings (SSSR count). The Morgan fingerprint density at radius 3 is 1.40 bits per heavy atom. The molecule has 1 fully saturated rings. The van der Waals surface area contributed by atoms with Gasteiger partial charge in [0.25, 0.3) is 0 Å². The van der Waals surface area contributed by atoms with Crippen LogP contribution in [0.4, 0.5) is 0 Å². The molecule has 1 heterocycles. The van der Waals surface area contributed by atoms with Gasteiger partial charge in [0.1, 0.15) is 0 Å². The van der Waals surface area contributed by atoms with Gasteiger partial charge in [-0.3, -0.25) is 4.90 Å². The largest absolute Gasteiger partial charge is 0.298 e. The van der Waals surface area contributed by atoms with Crippen LogP contribution in [0, 0.1) is 22.2 Å². The quantitative estimate of drug-likeness (QED) is 0.637. The highest BCUT2D eigenvalue weighted by molar-refractivity contribution is 5.02. The second-order valence-electron chi connectivity index (χ2n) is 10.1. The molecule has 0 N–H and O–H groups in total. The van der Waals surface area contributed by atoms with Crippen LogP contribution in [0.1, 0.15) is 82.1 Å². The molecular weight excluding hydrogens is 242 g/mol. The third-order valence-corrected chi connectivity index (χ3v) is 6.91. The molecule has 1 heteroatoms. The Labute approximate surface area is 128 Å². The molecule has 1 nitrogen and oxygen atoms in total. The smallest absolute Gasteiger partial charge is 0.0209 e. The average Bonchev–Trinajstić information content (AvgIpc) is 2.26. The predicted octanol–water partition coefficient (Wildman–Crippen LogP) is 5.60. The molecule has 0 bridgehead atoms. The number of piperidine rings is 1. The fourth-order valence-corrected chi connectivity index (χ4v) is 3.62. The van der Waals surface area contributed by atoms with Crippen molar-refractivity contribution in [1.29, 1.82) is 0 Å². The fourth-order valence-electron chi connectivity index (χ4n) is 3.62. The number of likely N-dealkylation sites (tertiary alicyclic amines) is 1. The third kappa shape index (κ3) is 3.24. The summed E-state index contributed by atoms with van der Waals surface area (Å²) in [6.45, 7) is 26.7. The summed E-state index contributed by atoms with van der Waals surface area (Å²) in [5.41, 5.74) is 1.32. The summed E-state index contributed by atoms with van der Waals surface area (Å²) in [6, 6.07) is 0. The lowest BCUT2D eigenvalue weighted by molar-refractivity contribution is -0.0743. The molecule has 0 saturated carbocycles. The first kappa shape index (κ1) is 18.0. The van der Waals surface area contributed by atoms with Gasteiger partial charge >= 0.3 is 0 Å². The normalized spacial score (nSPS) is 21.3. The summed E-state index contributed by atoms with van der Waals surface area (Å²) in [5.74, 6) is 0.882. The van der Waals surface area contributed by atoms with E-state index in [9.17, 15) is 0 Å². The molecule has 120 valence electrons. The third-order valence-electron chi connectivity index (χ3n) is 6.91. The second kappa shape index (κ2) is 5.30. The van der Waals surface area contributed by atoms with E-state index < -0.39 is 0 Å². The molecule has 1 saturated heterocycles. The topological polar surface area (TPSA) is 3.24 Å². The van der Waals surface area contributed by atoms with E-state index in [1.54, 1.807) is 0 Å². The van der Waals surface area contributed by atoms with Gasteiger partial charge in [0.05, 0.1) is 0 Å². The zero-order valence-electron chi connectivity index (χ0n) is 15.9. The highest BCUT2D eigenvalue weighted by Crippen LogP contribution is 2.50. The SMILES string of the molecule is CC(C)(C)C1CCN(C(C)(C)C(C)(C)C(C)(C)C)CC1. The predicted molar refractivity (Wildman–Crippen MR) is 91.1 cm³/mol. The maximum Gasteiger partial charge on any atom is 0.0209 e. The Morgan fingerprint density at radius 2 is 1.10 bits per heavy atom. The van der Waals surface area contributed by atoms with E-state index in [0.717, 1.165) is 5.92 Å². The van der Waals surface area contributed by atoms with Gasteiger partial charge in [0.2, 0.25) is 0 Å². The summed E-state index contributed by atoms with van der Waals surface area (Å²) >= 11 is 0. The van der Waals surface area contributed by atoms with E-state index in [1.807, 2.05) is 0 Å². The van der Waals surface area contributed by atoms with Crippen molar-refractivity contribution in [2.45, 2.75) is 87.6 Å². The van der Waals surface area contributed by atoms with E-state index in [2.05, 4.69) is 74.1 Å². The maximum absolute atomic E-state index is 2.75. The first-order chi connectivity index (χ1) is 8.71. The lowest BCUT2D eigenvalue weighted by Gasteiger charge is -2.57. The Kier molecular flexibility index (Phi) is 4.78. The van der Waals surface area contributed by atoms with Crippen molar-refractivity contribution < 1.29 is 0 Å². The summed E-state index contributed by atoms with van der Waals surface area (Å²) in [5, 5.41) is 0. The van der Waals surface area contributed by atoms with Gasteiger partial charge in [0.15, 0.2) is 0 Å². The van der Waals surface area contributed by atoms with Crippen LogP contribution in [-0.2, 0) is 0 Å². The van der Waals surface area contributed by atoms with Crippen LogP contribution in [0.3, 0.4) is 0 Å². The van der Waals surface area contributed by atoms with Gasteiger partial charge in [-0.25, -0.2) is 0 Å². The van der Waals surface area contributed by atoms with Crippen LogP contribution in [0.15, 0.2) is 0 Å². The summed E-state index contributed by atoms with van der Waals surface area (Å²) in [7, 11) is 0. The molecule has 0 radical (unpaired) electrons. The number of nitrogens with zero attached hydrogens (tertiary/aromatic N) is 1. The van der Waals surface area contributed by atoms with Crippen molar-refractivity contribution in [2.24, 2.45) is 22.2 Å². The standard InChI is InChI=1S/C19H39N/c1-16(2,3)15-11-13-20(14-12-15)19(9,10)18(7,8)17(4,5)6/h15H,11-14H2,1-10H3. The molecule has 0 aromatic carbocycles. The average molecular weight is 282 g/mol. The van der Waals surface area contributed by atoms with Crippen LogP contribution in [0.5, 0.6) is 0 Å². The van der Waals surface area contributed by atoms with E-state index in [0.29, 0.717) is 10.8 Å². The van der Waals surface area contributed by atoms with Gasteiger partial charge in [-0.05, 0) is 61.9 Å². The molecule has 20 heavy (non-hydrogen) atoms. The molecule has 0 atom stereocenters. The molecule has 0 spiro atoms. The fraction of sp³-hybridized carbons (Fsp3) is 1.00. The molecule has 1 aliphatic rings. The van der Waals surface area contributed by atoms with Gasteiger partial charge in [-0.2, -0.15) is 0 Å². The van der Waals surface area contributed by atoms with E-state index >= 15 is 0 Å². The van der Waals surface area contributed by atoms with Crippen LogP contribution in [0.2, 0.25) is 0 Å². The van der Waals surface area contributed by atoms with Crippen molar-refractivity contribution in [2.75, 3.05) is 13.1 Å². The van der Waals surface area contributed by atoms with Crippen molar-refractivity contribution in [3.63, 3.8) is 0 Å². The van der Waals surface area contributed by atoms with Crippen molar-refractivity contribution in [1.82, 2.24) is 4.90 Å². The Balaban J connectivity index is 2.83. The zero-order chi connectivity index (χ0) is 16.0. The minimum absolute atomic E-state index is 0.244. The van der Waals surface area contributed by atoms with Gasteiger partial charge in [-0.15, -0.1) is 0 Å². The molecule has 0 aliphatic carbocycles. The Morgan fingerprint density at radius 1 is 0.700 bits per heavy atom. The van der Waals surface area contributed by atoms with Crippen LogP contribution in [0.25, 0.3) is 0 Å². The van der Waals surface area contributed by atoms with Gasteiger partial charge in [0, 0.05) is 5.54 Å². The highest BCUT2D eigenvalue weighted by Gasteiger charge is 2.49. The maximum atomic E-state index is 2.75. The van der Waals surface area contributed by atoms with E-state index in [4.69, 9.17) is 0 Å². The number of hydrogen-bond acceptors (Lipinski definition) is 1. The lowest BCUT2D eigenvalue weighted by Crippen LogP contribution is -2.60. The Hall–Kier alpha value is -0.0400. The number of hydrogen-bond donors (Lipinski definition) is 0. The summed E-state index contributed by atoms with van der Waals surface area (Å²) in [4.78, 5) is 2.75. The number of rotatable bonds is 2. The first-order valence-electron chi connectivity index (χ1n) is 8.46. The molecule has 0 amide bonds. The highest BCUT2D eigenvalue weighted by atomic mass is 15.2. The van der Waals surface area contributed by atoms with Gasteiger partial charge in [-0.1, -0.05) is 55.4 Å². The summed E-state index contributed by atoms with van der Waals surface area (Å²) in [6.07, 6.45) is 2.71. The molecule has 0 unspecified atom stereocenters. The van der Waals surface area contributed by atoms with Crippen molar-refractivity contribution >= 4 is 0 Å². The van der Waals surface area contributed by atoms with Gasteiger partial charge < -0.3 is 0 Å². The molecular formula is C19H39N. The minimum atomic E-state index is 0.244. The lowest BCUT2D eigenvalue weighted by atomic mass is 9.58. The van der Waals surface area contributed by atoms with E-state index in [1.165, 1.54) is 25.9 Å². The molecule has 0 aromatic heterocycles. The molecule has 0 aromatic rings. The summed E-state index contributed by atoms with van der Waals surface area (Å²) < 4.78 is 0. The van der Waals surface area contributed by atoms with E-state index in [-0.39, 0.29) is 11.0 Å². The van der Waals surface area contributed by atoms with Crippen LogP contribution in [-0.4, -0.2) is 23.5 Å².